The van der Waals surface area contributed by atoms with E-state index in [9.17, 15) is 4.79 Å². The molecule has 0 aliphatic carbocycles. The Bertz CT molecular complexity index is 997. The summed E-state index contributed by atoms with van der Waals surface area (Å²) in [5.41, 5.74) is 10.1. The smallest absolute Gasteiger partial charge is 0.255 e. The summed E-state index contributed by atoms with van der Waals surface area (Å²) in [5.74, 6) is 0.995. The lowest BCUT2D eigenvalue weighted by molar-refractivity contribution is -0.119. The highest BCUT2D eigenvalue weighted by molar-refractivity contribution is 6.32. The molecule has 32 heavy (non-hydrogen) atoms. The number of nitrogens with zero attached hydrogens (tertiary/aromatic N) is 2. The van der Waals surface area contributed by atoms with E-state index < -0.39 is 5.91 Å². The molecule has 0 unspecified atom stereocenters. The summed E-state index contributed by atoms with van der Waals surface area (Å²) in [6.45, 7) is 7.10. The second kappa shape index (κ2) is 9.59. The van der Waals surface area contributed by atoms with Crippen LogP contribution < -0.4 is 20.1 Å². The minimum atomic E-state index is -0.461. The van der Waals surface area contributed by atoms with Crippen molar-refractivity contribution in [3.63, 3.8) is 0 Å². The number of rotatable bonds is 6. The van der Waals surface area contributed by atoms with E-state index in [1.807, 2.05) is 18.2 Å². The molecule has 172 valence electrons. The van der Waals surface area contributed by atoms with Gasteiger partial charge in [0.05, 0.1) is 12.1 Å². The Labute approximate surface area is 195 Å². The van der Waals surface area contributed by atoms with Crippen LogP contribution in [0.4, 0.5) is 5.69 Å². The normalized spacial score (nSPS) is 21.2. The van der Waals surface area contributed by atoms with Crippen LogP contribution >= 0.6 is 11.6 Å². The van der Waals surface area contributed by atoms with Crippen molar-refractivity contribution in [3.8, 4) is 11.5 Å². The van der Waals surface area contributed by atoms with E-state index >= 15 is 0 Å². The van der Waals surface area contributed by atoms with Crippen molar-refractivity contribution in [2.45, 2.75) is 45.2 Å². The fourth-order valence-corrected chi connectivity index (χ4v) is 5.34. The van der Waals surface area contributed by atoms with Crippen LogP contribution in [0.15, 0.2) is 30.3 Å². The monoisotopic (exact) mass is 457 g/mol. The molecule has 2 fully saturated rings. The highest BCUT2D eigenvalue weighted by Gasteiger charge is 2.36. The van der Waals surface area contributed by atoms with Gasteiger partial charge in [0.25, 0.3) is 5.91 Å². The lowest BCUT2D eigenvalue weighted by atomic mass is 9.86. The summed E-state index contributed by atoms with van der Waals surface area (Å²) >= 11 is 6.22. The average Bonchev–Trinajstić information content (AvgIpc) is 2.79. The number of piperazine rings is 1. The zero-order valence-electron chi connectivity index (χ0n) is 19.1. The molecule has 2 aliphatic rings. The number of hydrogen-bond donors (Lipinski definition) is 1. The summed E-state index contributed by atoms with van der Waals surface area (Å²) < 4.78 is 11.0. The summed E-state index contributed by atoms with van der Waals surface area (Å²) in [6.07, 6.45) is 3.57. The molecule has 2 aromatic rings. The second-order valence-electron chi connectivity index (χ2n) is 8.76. The van der Waals surface area contributed by atoms with Crippen LogP contribution in [0.2, 0.25) is 5.02 Å². The van der Waals surface area contributed by atoms with Gasteiger partial charge >= 0.3 is 0 Å². The first kappa shape index (κ1) is 22.7. The molecule has 2 N–H and O–H groups in total. The summed E-state index contributed by atoms with van der Waals surface area (Å²) in [7, 11) is 1.66. The van der Waals surface area contributed by atoms with Crippen molar-refractivity contribution in [1.82, 2.24) is 4.90 Å². The zero-order chi connectivity index (χ0) is 22.8. The molecule has 2 atom stereocenters. The second-order valence-corrected chi connectivity index (χ2v) is 9.17. The van der Waals surface area contributed by atoms with E-state index in [-0.39, 0.29) is 6.61 Å². The number of carbonyl (C=O) groups is 1. The zero-order valence-corrected chi connectivity index (χ0v) is 19.8. The molecule has 2 aliphatic heterocycles. The van der Waals surface area contributed by atoms with Crippen LogP contribution in [0.25, 0.3) is 0 Å². The van der Waals surface area contributed by atoms with Crippen molar-refractivity contribution in [2.24, 2.45) is 5.73 Å². The predicted octanol–water partition coefficient (Wildman–Crippen LogP) is 4.25. The van der Waals surface area contributed by atoms with Gasteiger partial charge in [0.1, 0.15) is 11.5 Å². The largest absolute Gasteiger partial charge is 0.495 e. The number of piperidine rings is 1. The third kappa shape index (κ3) is 4.52. The van der Waals surface area contributed by atoms with E-state index in [1.165, 1.54) is 24.0 Å². The molecular formula is C25H32ClN3O3. The van der Waals surface area contributed by atoms with Gasteiger partial charge in [0, 0.05) is 43.5 Å². The van der Waals surface area contributed by atoms with Gasteiger partial charge < -0.3 is 20.1 Å². The quantitative estimate of drug-likeness (QED) is 0.702. The number of halogens is 1. The first-order valence-electron chi connectivity index (χ1n) is 11.2. The molecule has 2 saturated heterocycles. The van der Waals surface area contributed by atoms with Crippen molar-refractivity contribution in [3.05, 3.63) is 52.0 Å². The number of fused-ring (bicyclic) bond motifs is 1. The molecule has 2 aromatic carbocycles. The lowest BCUT2D eigenvalue weighted by Gasteiger charge is -2.49. The van der Waals surface area contributed by atoms with Crippen LogP contribution in [0, 0.1) is 13.8 Å². The molecular weight excluding hydrogens is 426 g/mol. The maximum absolute atomic E-state index is 11.1. The number of ether oxygens (including phenoxy) is 2. The Morgan fingerprint density at radius 1 is 1.12 bits per heavy atom. The van der Waals surface area contributed by atoms with E-state index in [1.54, 1.807) is 7.11 Å². The number of nitrogens with two attached hydrogens (primary N) is 1. The number of methoxy groups -OCH3 is 1. The fourth-order valence-electron chi connectivity index (χ4n) is 5.15. The number of anilines is 1. The third-order valence-corrected chi connectivity index (χ3v) is 7.26. The van der Waals surface area contributed by atoms with Gasteiger partial charge in [-0.05, 0) is 68.0 Å². The minimum Gasteiger partial charge on any atom is -0.495 e. The van der Waals surface area contributed by atoms with Crippen molar-refractivity contribution < 1.29 is 14.3 Å². The van der Waals surface area contributed by atoms with E-state index in [2.05, 4.69) is 35.8 Å². The van der Waals surface area contributed by atoms with Crippen LogP contribution in [0.5, 0.6) is 11.5 Å². The molecule has 0 aromatic heterocycles. The molecule has 2 heterocycles. The number of hydrogen-bond acceptors (Lipinski definition) is 5. The van der Waals surface area contributed by atoms with Crippen molar-refractivity contribution in [1.29, 1.82) is 0 Å². The van der Waals surface area contributed by atoms with Gasteiger partial charge in [-0.3, -0.25) is 9.69 Å². The molecule has 4 rings (SSSR count). The van der Waals surface area contributed by atoms with Gasteiger partial charge in [-0.25, -0.2) is 0 Å². The lowest BCUT2D eigenvalue weighted by Crippen LogP contribution is -2.56. The Hall–Kier alpha value is -2.44. The maximum Gasteiger partial charge on any atom is 0.255 e. The van der Waals surface area contributed by atoms with Crippen LogP contribution in [-0.2, 0) is 4.79 Å². The Balaban J connectivity index is 1.52. The third-order valence-electron chi connectivity index (χ3n) is 6.95. The Morgan fingerprint density at radius 3 is 2.69 bits per heavy atom. The van der Waals surface area contributed by atoms with Crippen molar-refractivity contribution >= 4 is 23.2 Å². The molecule has 0 bridgehead atoms. The maximum atomic E-state index is 11.1. The highest BCUT2D eigenvalue weighted by Crippen LogP contribution is 2.40. The summed E-state index contributed by atoms with van der Waals surface area (Å²) in [5, 5.41) is 0.640. The number of primary amides is 1. The van der Waals surface area contributed by atoms with Gasteiger partial charge in [-0.15, -0.1) is 0 Å². The first-order valence-corrected chi connectivity index (χ1v) is 11.6. The van der Waals surface area contributed by atoms with Crippen molar-refractivity contribution in [2.75, 3.05) is 38.3 Å². The Morgan fingerprint density at radius 2 is 1.94 bits per heavy atom. The molecule has 7 heteroatoms. The predicted molar refractivity (Wildman–Crippen MR) is 128 cm³/mol. The SMILES string of the molecule is COc1cc(N2CCN3[C@@H](CCC[C@@H]3c3ccc(OCC(N)=O)c(C)c3C)C2)ccc1Cl. The van der Waals surface area contributed by atoms with E-state index in [0.29, 0.717) is 17.1 Å². The number of benzene rings is 2. The van der Waals surface area contributed by atoms with Gasteiger partial charge in [0.15, 0.2) is 6.61 Å². The molecule has 0 radical (unpaired) electrons. The highest BCUT2D eigenvalue weighted by atomic mass is 35.5. The first-order chi connectivity index (χ1) is 15.4. The standard InChI is InChI=1S/C25H32ClN3O3/c1-16-17(2)23(32-15-25(27)30)10-8-20(16)22-6-4-5-19-14-28(11-12-29(19)22)18-7-9-21(26)24(13-18)31-3/h7-10,13,19,22H,4-6,11-12,14-15H2,1-3H3,(H2,27,30)/t19-,22+/m0/s1. The average molecular weight is 458 g/mol. The topological polar surface area (TPSA) is 68.0 Å². The van der Waals surface area contributed by atoms with E-state index in [4.69, 9.17) is 26.8 Å². The number of amides is 1. The molecule has 0 spiro atoms. The molecule has 6 nitrogen and oxygen atoms in total. The van der Waals surface area contributed by atoms with Crippen LogP contribution in [0.1, 0.15) is 42.0 Å². The molecule has 0 saturated carbocycles. The Kier molecular flexibility index (Phi) is 6.82. The van der Waals surface area contributed by atoms with Crippen LogP contribution in [0.3, 0.4) is 0 Å². The van der Waals surface area contributed by atoms with Gasteiger partial charge in [0.2, 0.25) is 0 Å². The van der Waals surface area contributed by atoms with Gasteiger partial charge in [-0.2, -0.15) is 0 Å². The van der Waals surface area contributed by atoms with Gasteiger partial charge in [-0.1, -0.05) is 17.7 Å². The van der Waals surface area contributed by atoms with Crippen LogP contribution in [-0.4, -0.2) is 50.2 Å². The van der Waals surface area contributed by atoms with E-state index in [0.717, 1.165) is 48.8 Å². The molecule has 1 amide bonds. The summed E-state index contributed by atoms with van der Waals surface area (Å²) in [6, 6.07) is 11.1. The summed E-state index contributed by atoms with van der Waals surface area (Å²) in [4.78, 5) is 16.2. The number of carbonyl (C=O) groups excluding carboxylic acids is 1. The fraction of sp³-hybridized carbons (Fsp3) is 0.480. The minimum absolute atomic E-state index is 0.0947.